The summed E-state index contributed by atoms with van der Waals surface area (Å²) in [7, 11) is 0. The van der Waals surface area contributed by atoms with Crippen molar-refractivity contribution in [1.29, 1.82) is 0 Å². The molecule has 1 heterocycles. The molecule has 0 aliphatic heterocycles. The molecule has 0 amide bonds. The summed E-state index contributed by atoms with van der Waals surface area (Å²) in [5, 5.41) is 0. The van der Waals surface area contributed by atoms with E-state index in [4.69, 9.17) is 0 Å². The third-order valence-electron chi connectivity index (χ3n) is 3.92. The van der Waals surface area contributed by atoms with Gasteiger partial charge in [0.2, 0.25) is 0 Å². The van der Waals surface area contributed by atoms with Crippen LogP contribution in [0, 0.1) is 19.8 Å². The lowest BCUT2D eigenvalue weighted by Gasteiger charge is -2.14. The van der Waals surface area contributed by atoms with E-state index in [1.807, 2.05) is 19.1 Å². The number of pyridine rings is 1. The molecule has 2 heteroatoms. The van der Waals surface area contributed by atoms with Crippen molar-refractivity contribution in [2.24, 2.45) is 10.9 Å². The Balaban J connectivity index is 0.000000479. The molecule has 1 atom stereocenters. The Labute approximate surface area is 166 Å². The molecule has 1 aromatic carbocycles. The van der Waals surface area contributed by atoms with Gasteiger partial charge < -0.3 is 0 Å². The minimum Gasteiger partial charge on any atom is -0.265 e. The summed E-state index contributed by atoms with van der Waals surface area (Å²) in [6.07, 6.45) is 12.9. The normalized spacial score (nSPS) is 14.9. The van der Waals surface area contributed by atoms with Gasteiger partial charge >= 0.3 is 0 Å². The van der Waals surface area contributed by atoms with Gasteiger partial charge in [-0.15, -0.1) is 0 Å². The molecule has 27 heavy (non-hydrogen) atoms. The van der Waals surface area contributed by atoms with Crippen molar-refractivity contribution in [3.63, 3.8) is 0 Å². The van der Waals surface area contributed by atoms with E-state index in [1.165, 1.54) is 29.3 Å². The van der Waals surface area contributed by atoms with Crippen LogP contribution in [-0.2, 0) is 0 Å². The maximum absolute atomic E-state index is 4.06. The van der Waals surface area contributed by atoms with Crippen LogP contribution in [0.4, 0.5) is 0 Å². The number of hydrogen-bond acceptors (Lipinski definition) is 2. The molecule has 2 aromatic rings. The van der Waals surface area contributed by atoms with E-state index in [-0.39, 0.29) is 14.9 Å². The lowest BCUT2D eigenvalue weighted by Crippen LogP contribution is -1.97. The van der Waals surface area contributed by atoms with Gasteiger partial charge in [0.25, 0.3) is 0 Å². The van der Waals surface area contributed by atoms with Crippen LogP contribution >= 0.6 is 0 Å². The summed E-state index contributed by atoms with van der Waals surface area (Å²) in [6, 6.07) is 12.6. The Morgan fingerprint density at radius 1 is 1.15 bits per heavy atom. The standard InChI is InChI=1S/C14H16.C9H10N2.2CH4/c1-11-5-3-7-13(9-11)14-8-4-6-12(2)10-14;1-3-10-7-9-4-5-11-8(2)6-9;;/h3-9,12H,10H2,1-2H3;3-7H,1H2,2H3;2*1H4. The quantitative estimate of drug-likeness (QED) is 0.530. The molecule has 1 aliphatic carbocycles. The second-order valence-electron chi connectivity index (χ2n) is 6.32. The Kier molecular flexibility index (Phi) is 11.3. The highest BCUT2D eigenvalue weighted by molar-refractivity contribution is 5.79. The predicted octanol–water partition coefficient (Wildman–Crippen LogP) is 7.20. The van der Waals surface area contributed by atoms with E-state index >= 15 is 0 Å². The van der Waals surface area contributed by atoms with Crippen LogP contribution in [0.15, 0.2) is 78.6 Å². The van der Waals surface area contributed by atoms with Crippen LogP contribution in [0.1, 0.15) is 50.6 Å². The highest BCUT2D eigenvalue weighted by Gasteiger charge is 2.08. The zero-order valence-corrected chi connectivity index (χ0v) is 15.3. The maximum Gasteiger partial charge on any atom is 0.0379 e. The molecule has 1 unspecified atom stereocenters. The minimum absolute atomic E-state index is 0. The Hall–Kier alpha value is -2.74. The summed E-state index contributed by atoms with van der Waals surface area (Å²) in [6.45, 7) is 9.84. The molecule has 0 radical (unpaired) electrons. The third kappa shape index (κ3) is 8.46. The zero-order chi connectivity index (χ0) is 18.1. The number of allylic oxidation sites excluding steroid dienone is 4. The summed E-state index contributed by atoms with van der Waals surface area (Å²) in [5.41, 5.74) is 6.23. The van der Waals surface area contributed by atoms with Crippen molar-refractivity contribution in [1.82, 2.24) is 4.98 Å². The number of nitrogens with zero attached hydrogens (tertiary/aromatic N) is 2. The molecule has 0 saturated heterocycles. The Bertz CT molecular complexity index is 797. The van der Waals surface area contributed by atoms with E-state index < -0.39 is 0 Å². The van der Waals surface area contributed by atoms with Gasteiger partial charge in [0, 0.05) is 24.3 Å². The molecule has 0 fully saturated rings. The second-order valence-corrected chi connectivity index (χ2v) is 6.32. The van der Waals surface area contributed by atoms with E-state index in [2.05, 4.69) is 72.9 Å². The molecule has 0 bridgehead atoms. The number of hydrogen-bond donors (Lipinski definition) is 0. The van der Waals surface area contributed by atoms with Gasteiger partial charge in [0.15, 0.2) is 0 Å². The fraction of sp³-hybridized carbons (Fsp3) is 0.280. The molecule has 3 rings (SSSR count). The van der Waals surface area contributed by atoms with Crippen molar-refractivity contribution in [2.45, 2.75) is 42.0 Å². The van der Waals surface area contributed by atoms with Crippen LogP contribution in [0.5, 0.6) is 0 Å². The molecule has 1 aliphatic rings. The van der Waals surface area contributed by atoms with Crippen molar-refractivity contribution < 1.29 is 0 Å². The van der Waals surface area contributed by atoms with Crippen molar-refractivity contribution in [3.8, 4) is 0 Å². The average molecular weight is 363 g/mol. The smallest absolute Gasteiger partial charge is 0.0379 e. The van der Waals surface area contributed by atoms with Crippen LogP contribution in [0.3, 0.4) is 0 Å². The van der Waals surface area contributed by atoms with E-state index in [0.29, 0.717) is 5.92 Å². The van der Waals surface area contributed by atoms with Crippen LogP contribution in [0.2, 0.25) is 0 Å². The lowest BCUT2D eigenvalue weighted by molar-refractivity contribution is 0.749. The van der Waals surface area contributed by atoms with Gasteiger partial charge in [-0.2, -0.15) is 0 Å². The Morgan fingerprint density at radius 3 is 2.56 bits per heavy atom. The molecule has 144 valence electrons. The van der Waals surface area contributed by atoms with Gasteiger partial charge in [0.05, 0.1) is 0 Å². The van der Waals surface area contributed by atoms with Crippen molar-refractivity contribution in [3.05, 3.63) is 96.0 Å². The minimum atomic E-state index is 0. The highest BCUT2D eigenvalue weighted by atomic mass is 14.7. The second kappa shape index (κ2) is 12.6. The summed E-state index contributed by atoms with van der Waals surface area (Å²) in [5.74, 6) is 0.676. The number of aryl methyl sites for hydroxylation is 2. The van der Waals surface area contributed by atoms with Gasteiger partial charge in [-0.05, 0) is 55.0 Å². The summed E-state index contributed by atoms with van der Waals surface area (Å²) >= 11 is 0. The largest absolute Gasteiger partial charge is 0.265 e. The van der Waals surface area contributed by atoms with Gasteiger partial charge in [-0.25, -0.2) is 0 Å². The molecule has 2 nitrogen and oxygen atoms in total. The van der Waals surface area contributed by atoms with Crippen LogP contribution < -0.4 is 0 Å². The molecular formula is C25H34N2. The number of aliphatic imine (C=N–C) groups is 1. The Morgan fingerprint density at radius 2 is 1.93 bits per heavy atom. The number of benzene rings is 1. The monoisotopic (exact) mass is 362 g/mol. The van der Waals surface area contributed by atoms with Crippen LogP contribution in [-0.4, -0.2) is 11.2 Å². The van der Waals surface area contributed by atoms with E-state index in [1.54, 1.807) is 12.4 Å². The van der Waals surface area contributed by atoms with Gasteiger partial charge in [0.1, 0.15) is 0 Å². The zero-order valence-electron chi connectivity index (χ0n) is 15.3. The van der Waals surface area contributed by atoms with E-state index in [9.17, 15) is 0 Å². The maximum atomic E-state index is 4.06. The summed E-state index contributed by atoms with van der Waals surface area (Å²) < 4.78 is 0. The van der Waals surface area contributed by atoms with Crippen molar-refractivity contribution >= 4 is 11.8 Å². The first-order valence-electron chi connectivity index (χ1n) is 8.59. The first-order chi connectivity index (χ1) is 12.1. The average Bonchev–Trinajstić information content (AvgIpc) is 2.61. The fourth-order valence-corrected chi connectivity index (χ4v) is 2.69. The van der Waals surface area contributed by atoms with Gasteiger partial charge in [-0.3, -0.25) is 9.98 Å². The number of aromatic nitrogens is 1. The predicted molar refractivity (Wildman–Crippen MR) is 122 cm³/mol. The lowest BCUT2D eigenvalue weighted by atomic mass is 9.91. The van der Waals surface area contributed by atoms with E-state index in [0.717, 1.165) is 11.3 Å². The van der Waals surface area contributed by atoms with Crippen molar-refractivity contribution in [2.75, 3.05) is 0 Å². The molecule has 1 aromatic heterocycles. The highest BCUT2D eigenvalue weighted by Crippen LogP contribution is 2.27. The van der Waals surface area contributed by atoms with Crippen LogP contribution in [0.25, 0.3) is 5.57 Å². The molecule has 0 saturated carbocycles. The summed E-state index contributed by atoms with van der Waals surface area (Å²) in [4.78, 5) is 7.95. The first kappa shape index (κ1) is 24.3. The fourth-order valence-electron chi connectivity index (χ4n) is 2.69. The molecule has 0 N–H and O–H groups in total. The number of rotatable bonds is 3. The molecule has 0 spiro atoms. The first-order valence-corrected chi connectivity index (χ1v) is 8.59. The SMILES string of the molecule is C.C.C=CN=Cc1ccnc(C)c1.Cc1cccc(C2=CC=CC(C)C2)c1. The topological polar surface area (TPSA) is 25.2 Å². The van der Waals surface area contributed by atoms with Gasteiger partial charge in [-0.1, -0.05) is 76.4 Å². The molecular weight excluding hydrogens is 328 g/mol. The third-order valence-corrected chi connectivity index (χ3v) is 3.92.